The molecule has 1 atom stereocenters. The van der Waals surface area contributed by atoms with Crippen LogP contribution in [0.15, 0.2) is 48.7 Å². The van der Waals surface area contributed by atoms with Gasteiger partial charge in [0.15, 0.2) is 0 Å². The summed E-state index contributed by atoms with van der Waals surface area (Å²) >= 11 is 0. The van der Waals surface area contributed by atoms with Gasteiger partial charge in [-0.3, -0.25) is 9.89 Å². The Bertz CT molecular complexity index is 660. The summed E-state index contributed by atoms with van der Waals surface area (Å²) in [4.78, 5) is 14.8. The first kappa shape index (κ1) is 14.6. The number of nitrogens with one attached hydrogen (secondary N) is 1. The molecule has 1 unspecified atom stereocenters. The lowest BCUT2D eigenvalue weighted by molar-refractivity contribution is 0.0744. The molecule has 0 aliphatic carbocycles. The van der Waals surface area contributed by atoms with Gasteiger partial charge in [0.1, 0.15) is 0 Å². The minimum absolute atomic E-state index is 0.0544. The molecule has 0 saturated carbocycles. The van der Waals surface area contributed by atoms with Crippen molar-refractivity contribution in [2.45, 2.75) is 32.2 Å². The zero-order valence-electron chi connectivity index (χ0n) is 12.8. The molecule has 1 aliphatic rings. The van der Waals surface area contributed by atoms with Gasteiger partial charge in [0.2, 0.25) is 0 Å². The first-order valence-electron chi connectivity index (χ1n) is 7.87. The summed E-state index contributed by atoms with van der Waals surface area (Å²) in [6, 6.07) is 10.1. The highest BCUT2D eigenvalue weighted by molar-refractivity contribution is 6.00. The first-order chi connectivity index (χ1) is 10.8. The number of aromatic nitrogens is 2. The highest BCUT2D eigenvalue weighted by Crippen LogP contribution is 2.25. The molecule has 0 spiro atoms. The molecule has 4 heteroatoms. The van der Waals surface area contributed by atoms with Crippen LogP contribution in [0, 0.1) is 0 Å². The summed E-state index contributed by atoms with van der Waals surface area (Å²) in [6.07, 6.45) is 9.18. The van der Waals surface area contributed by atoms with E-state index >= 15 is 0 Å². The topological polar surface area (TPSA) is 49.0 Å². The second-order valence-electron chi connectivity index (χ2n) is 5.62. The monoisotopic (exact) mass is 295 g/mol. The number of hydrogen-bond acceptors (Lipinski definition) is 2. The summed E-state index contributed by atoms with van der Waals surface area (Å²) in [6.45, 7) is 2.86. The lowest BCUT2D eigenvalue weighted by atomic mass is 10.1. The Labute approximate surface area is 130 Å². The molecule has 0 bridgehead atoms. The van der Waals surface area contributed by atoms with Crippen LogP contribution in [0.5, 0.6) is 0 Å². The van der Waals surface area contributed by atoms with Crippen molar-refractivity contribution in [3.8, 4) is 11.3 Å². The van der Waals surface area contributed by atoms with Gasteiger partial charge >= 0.3 is 0 Å². The van der Waals surface area contributed by atoms with E-state index in [1.54, 1.807) is 6.20 Å². The van der Waals surface area contributed by atoms with E-state index in [0.29, 0.717) is 12.1 Å². The molecule has 1 N–H and O–H groups in total. The fraction of sp³-hybridized carbons (Fsp3) is 0.333. The molecule has 114 valence electrons. The van der Waals surface area contributed by atoms with Crippen molar-refractivity contribution < 1.29 is 4.79 Å². The van der Waals surface area contributed by atoms with E-state index in [-0.39, 0.29) is 11.9 Å². The van der Waals surface area contributed by atoms with Gasteiger partial charge in [0.25, 0.3) is 5.91 Å². The summed E-state index contributed by atoms with van der Waals surface area (Å²) in [5.41, 5.74) is 2.43. The molecule has 1 aromatic carbocycles. The Morgan fingerprint density at radius 1 is 1.36 bits per heavy atom. The van der Waals surface area contributed by atoms with Crippen molar-refractivity contribution in [3.05, 3.63) is 54.2 Å². The average molecular weight is 295 g/mol. The molecule has 1 aromatic heterocycles. The Hall–Kier alpha value is -2.36. The smallest absolute Gasteiger partial charge is 0.258 e. The van der Waals surface area contributed by atoms with E-state index in [1.165, 1.54) is 0 Å². The highest BCUT2D eigenvalue weighted by atomic mass is 16.2. The van der Waals surface area contributed by atoms with Crippen molar-refractivity contribution in [1.82, 2.24) is 15.1 Å². The first-order valence-corrected chi connectivity index (χ1v) is 7.87. The van der Waals surface area contributed by atoms with Crippen molar-refractivity contribution in [2.75, 3.05) is 6.54 Å². The Balaban J connectivity index is 1.83. The summed E-state index contributed by atoms with van der Waals surface area (Å²) in [5.74, 6) is 0.0544. The van der Waals surface area contributed by atoms with Crippen LogP contribution in [0.25, 0.3) is 11.3 Å². The van der Waals surface area contributed by atoms with Crippen molar-refractivity contribution in [1.29, 1.82) is 0 Å². The average Bonchev–Trinajstić information content (AvgIpc) is 3.22. The molecule has 0 saturated heterocycles. The second kappa shape index (κ2) is 6.60. The number of aromatic amines is 1. The number of benzene rings is 1. The molecule has 0 radical (unpaired) electrons. The van der Waals surface area contributed by atoms with Crippen molar-refractivity contribution in [3.63, 3.8) is 0 Å². The van der Waals surface area contributed by atoms with Gasteiger partial charge in [-0.25, -0.2) is 0 Å². The molecule has 1 aliphatic heterocycles. The molecule has 1 amide bonds. The van der Waals surface area contributed by atoms with Gasteiger partial charge in [-0.1, -0.05) is 62.2 Å². The van der Waals surface area contributed by atoms with Gasteiger partial charge in [-0.2, -0.15) is 5.10 Å². The standard InChI is InChI=1S/C18H21N3O/c1-2-3-10-15-11-7-12-21(15)18(22)16-13-19-20-17(16)14-8-5-4-6-9-14/h4-9,11,13,15H,2-3,10,12H2,1H3,(H,19,20). The van der Waals surface area contributed by atoms with E-state index < -0.39 is 0 Å². The van der Waals surface area contributed by atoms with Crippen LogP contribution in [0.2, 0.25) is 0 Å². The molecule has 4 nitrogen and oxygen atoms in total. The molecular weight excluding hydrogens is 274 g/mol. The van der Waals surface area contributed by atoms with Gasteiger partial charge in [-0.15, -0.1) is 0 Å². The van der Waals surface area contributed by atoms with Crippen LogP contribution in [-0.4, -0.2) is 33.6 Å². The fourth-order valence-electron chi connectivity index (χ4n) is 2.90. The maximum Gasteiger partial charge on any atom is 0.258 e. The SMILES string of the molecule is CCCCC1C=CCN1C(=O)c1cn[nH]c1-c1ccccc1. The normalized spacial score (nSPS) is 17.1. The summed E-state index contributed by atoms with van der Waals surface area (Å²) in [7, 11) is 0. The highest BCUT2D eigenvalue weighted by Gasteiger charge is 2.27. The van der Waals surface area contributed by atoms with Crippen LogP contribution in [-0.2, 0) is 0 Å². The molecular formula is C18H21N3O. The summed E-state index contributed by atoms with van der Waals surface area (Å²) < 4.78 is 0. The minimum Gasteiger partial charge on any atom is -0.328 e. The molecule has 0 fully saturated rings. The number of unbranched alkanes of at least 4 members (excludes halogenated alkanes) is 1. The molecule has 2 heterocycles. The number of nitrogens with zero attached hydrogens (tertiary/aromatic N) is 2. The lowest BCUT2D eigenvalue weighted by Crippen LogP contribution is -2.36. The zero-order valence-corrected chi connectivity index (χ0v) is 12.8. The number of carbonyl (C=O) groups is 1. The van der Waals surface area contributed by atoms with Gasteiger partial charge in [-0.05, 0) is 6.42 Å². The largest absolute Gasteiger partial charge is 0.328 e. The van der Waals surface area contributed by atoms with Crippen LogP contribution in [0.1, 0.15) is 36.5 Å². The number of amides is 1. The number of rotatable bonds is 5. The number of H-pyrrole nitrogens is 1. The molecule has 2 aromatic rings. The number of carbonyl (C=O) groups excluding carboxylic acids is 1. The Kier molecular flexibility index (Phi) is 4.37. The lowest BCUT2D eigenvalue weighted by Gasteiger charge is -2.24. The van der Waals surface area contributed by atoms with Crippen molar-refractivity contribution in [2.24, 2.45) is 0 Å². The van der Waals surface area contributed by atoms with Crippen LogP contribution >= 0.6 is 0 Å². The maximum absolute atomic E-state index is 12.9. The Morgan fingerprint density at radius 2 is 2.18 bits per heavy atom. The quantitative estimate of drug-likeness (QED) is 0.856. The van der Waals surface area contributed by atoms with Gasteiger partial charge in [0, 0.05) is 12.1 Å². The van der Waals surface area contributed by atoms with Gasteiger partial charge in [0.05, 0.1) is 23.5 Å². The Morgan fingerprint density at radius 3 is 2.95 bits per heavy atom. The van der Waals surface area contributed by atoms with E-state index in [4.69, 9.17) is 0 Å². The van der Waals surface area contributed by atoms with E-state index in [9.17, 15) is 4.79 Å². The van der Waals surface area contributed by atoms with E-state index in [2.05, 4.69) is 29.3 Å². The predicted molar refractivity (Wildman–Crippen MR) is 87.5 cm³/mol. The summed E-state index contributed by atoms with van der Waals surface area (Å²) in [5, 5.41) is 7.05. The van der Waals surface area contributed by atoms with Crippen LogP contribution in [0.3, 0.4) is 0 Å². The number of hydrogen-bond donors (Lipinski definition) is 1. The van der Waals surface area contributed by atoms with Gasteiger partial charge < -0.3 is 4.90 Å². The van der Waals surface area contributed by atoms with Crippen LogP contribution in [0.4, 0.5) is 0 Å². The molecule has 22 heavy (non-hydrogen) atoms. The zero-order chi connectivity index (χ0) is 15.4. The van der Waals surface area contributed by atoms with Crippen molar-refractivity contribution >= 4 is 5.91 Å². The second-order valence-corrected chi connectivity index (χ2v) is 5.62. The third-order valence-electron chi connectivity index (χ3n) is 4.11. The molecule has 3 rings (SSSR count). The minimum atomic E-state index is 0.0544. The third-order valence-corrected chi connectivity index (χ3v) is 4.11. The maximum atomic E-state index is 12.9. The van der Waals surface area contributed by atoms with Crippen LogP contribution < -0.4 is 0 Å². The van der Waals surface area contributed by atoms with E-state index in [0.717, 1.165) is 30.5 Å². The van der Waals surface area contributed by atoms with E-state index in [1.807, 2.05) is 35.2 Å². The fourth-order valence-corrected chi connectivity index (χ4v) is 2.90. The predicted octanol–water partition coefficient (Wildman–Crippen LogP) is 3.65. The third kappa shape index (κ3) is 2.82.